The predicted molar refractivity (Wildman–Crippen MR) is 137 cm³/mol. The van der Waals surface area contributed by atoms with Gasteiger partial charge in [0, 0.05) is 18.3 Å². The molecule has 1 spiro atoms. The van der Waals surface area contributed by atoms with Gasteiger partial charge in [-0.25, -0.2) is 0 Å². The zero-order valence-corrected chi connectivity index (χ0v) is 22.0. The first-order chi connectivity index (χ1) is 16.8. The minimum atomic E-state index is -0.714. The SMILES string of the molecule is CCCNC(=O)[C@@H]1[C@@H]2CC(C)C3(S2)C(C(=O)NCc2ccccc2)N([C@@H](CO)CC(C)C)C(=O)[C@H]13. The van der Waals surface area contributed by atoms with Crippen LogP contribution < -0.4 is 10.6 Å². The van der Waals surface area contributed by atoms with Crippen molar-refractivity contribution in [1.82, 2.24) is 15.5 Å². The Morgan fingerprint density at radius 3 is 2.54 bits per heavy atom. The second-order valence-electron chi connectivity index (χ2n) is 10.8. The van der Waals surface area contributed by atoms with Gasteiger partial charge in [0.15, 0.2) is 0 Å². The van der Waals surface area contributed by atoms with Gasteiger partial charge in [0.1, 0.15) is 6.04 Å². The molecule has 3 heterocycles. The lowest BCUT2D eigenvalue weighted by Crippen LogP contribution is -2.58. The maximum absolute atomic E-state index is 14.1. The largest absolute Gasteiger partial charge is 0.394 e. The van der Waals surface area contributed by atoms with Gasteiger partial charge in [0.25, 0.3) is 0 Å². The van der Waals surface area contributed by atoms with Crippen LogP contribution in [0, 0.1) is 23.7 Å². The number of carbonyl (C=O) groups is 3. The molecule has 3 saturated heterocycles. The highest BCUT2D eigenvalue weighted by molar-refractivity contribution is 8.02. The molecule has 0 aliphatic carbocycles. The number of hydrogen-bond acceptors (Lipinski definition) is 5. The molecule has 3 N–H and O–H groups in total. The highest BCUT2D eigenvalue weighted by atomic mass is 32.2. The van der Waals surface area contributed by atoms with Crippen molar-refractivity contribution < 1.29 is 19.5 Å². The molecule has 7 nitrogen and oxygen atoms in total. The maximum Gasteiger partial charge on any atom is 0.244 e. The fourth-order valence-electron chi connectivity index (χ4n) is 6.52. The van der Waals surface area contributed by atoms with E-state index in [1.165, 1.54) is 0 Å². The summed E-state index contributed by atoms with van der Waals surface area (Å²) < 4.78 is -0.666. The molecular weight excluding hydrogens is 462 g/mol. The van der Waals surface area contributed by atoms with Crippen LogP contribution in [0.4, 0.5) is 0 Å². The van der Waals surface area contributed by atoms with E-state index >= 15 is 0 Å². The van der Waals surface area contributed by atoms with E-state index in [1.807, 2.05) is 37.3 Å². The molecule has 1 aromatic rings. The second kappa shape index (κ2) is 10.5. The third-order valence-corrected chi connectivity index (χ3v) is 10.0. The van der Waals surface area contributed by atoms with Gasteiger partial charge < -0.3 is 20.6 Å². The van der Waals surface area contributed by atoms with Gasteiger partial charge in [-0.15, -0.1) is 11.8 Å². The molecular formula is C27H39N3O4S. The maximum atomic E-state index is 14.1. The average molecular weight is 502 g/mol. The van der Waals surface area contributed by atoms with Crippen molar-refractivity contribution in [3.8, 4) is 0 Å². The van der Waals surface area contributed by atoms with Gasteiger partial charge in [0.2, 0.25) is 17.7 Å². The van der Waals surface area contributed by atoms with E-state index in [0.29, 0.717) is 19.5 Å². The number of aliphatic hydroxyl groups excluding tert-OH is 1. The summed E-state index contributed by atoms with van der Waals surface area (Å²) in [6, 6.07) is 8.55. The molecule has 192 valence electrons. The standard InChI is InChI=1S/C27H39N3O4S/c1-5-11-28-24(32)21-20-13-17(4)27(35-20)22(21)26(34)30(19(15-31)12-16(2)3)23(27)25(33)29-14-18-9-7-6-8-10-18/h6-10,16-17,19-23,31H,5,11-15H2,1-4H3,(H,28,32)(H,29,33)/t17?,19-,20+,21-,22+,23?,27?/m1/s1. The van der Waals surface area contributed by atoms with Gasteiger partial charge in [-0.05, 0) is 36.7 Å². The topological polar surface area (TPSA) is 98.7 Å². The number of amides is 3. The van der Waals surface area contributed by atoms with Crippen LogP contribution in [0.2, 0.25) is 0 Å². The first kappa shape index (κ1) is 26.0. The molecule has 4 rings (SSSR count). The number of hydrogen-bond donors (Lipinski definition) is 3. The predicted octanol–water partition coefficient (Wildman–Crippen LogP) is 2.57. The van der Waals surface area contributed by atoms with Crippen LogP contribution >= 0.6 is 11.8 Å². The second-order valence-corrected chi connectivity index (χ2v) is 12.3. The quantitative estimate of drug-likeness (QED) is 0.458. The Kier molecular flexibility index (Phi) is 7.81. The third-order valence-electron chi connectivity index (χ3n) is 7.94. The number of fused-ring (bicyclic) bond motifs is 1. The molecule has 1 aromatic carbocycles. The van der Waals surface area contributed by atoms with Crippen molar-refractivity contribution in [2.45, 2.75) is 75.6 Å². The van der Waals surface area contributed by atoms with Crippen LogP contribution in [0.25, 0.3) is 0 Å². The van der Waals surface area contributed by atoms with Gasteiger partial charge in [0.05, 0.1) is 29.2 Å². The number of nitrogens with one attached hydrogen (secondary N) is 2. The summed E-state index contributed by atoms with van der Waals surface area (Å²) in [7, 11) is 0. The molecule has 8 heteroatoms. The Hall–Kier alpha value is -2.06. The Labute approximate surface area is 212 Å². The average Bonchev–Trinajstić information content (AvgIpc) is 3.43. The first-order valence-corrected chi connectivity index (χ1v) is 13.8. The van der Waals surface area contributed by atoms with E-state index in [1.54, 1.807) is 16.7 Å². The summed E-state index contributed by atoms with van der Waals surface area (Å²) in [5, 5.41) is 16.5. The van der Waals surface area contributed by atoms with Crippen molar-refractivity contribution in [3.05, 3.63) is 35.9 Å². The molecule has 7 atom stereocenters. The van der Waals surface area contributed by atoms with Crippen molar-refractivity contribution in [1.29, 1.82) is 0 Å². The zero-order valence-electron chi connectivity index (χ0n) is 21.2. The lowest BCUT2D eigenvalue weighted by atomic mass is 9.66. The van der Waals surface area contributed by atoms with Gasteiger partial charge >= 0.3 is 0 Å². The molecule has 0 aromatic heterocycles. The number of aliphatic hydroxyl groups is 1. The van der Waals surface area contributed by atoms with E-state index in [0.717, 1.165) is 18.4 Å². The molecule has 2 bridgehead atoms. The summed E-state index contributed by atoms with van der Waals surface area (Å²) in [6.45, 7) is 8.97. The Morgan fingerprint density at radius 1 is 1.20 bits per heavy atom. The fourth-order valence-corrected chi connectivity index (χ4v) is 8.93. The molecule has 3 aliphatic rings. The van der Waals surface area contributed by atoms with Crippen molar-refractivity contribution in [2.75, 3.05) is 13.2 Å². The molecule has 35 heavy (non-hydrogen) atoms. The van der Waals surface area contributed by atoms with E-state index in [9.17, 15) is 19.5 Å². The van der Waals surface area contributed by atoms with Crippen LogP contribution in [0.3, 0.4) is 0 Å². The number of nitrogens with zero attached hydrogens (tertiary/aromatic N) is 1. The highest BCUT2D eigenvalue weighted by Gasteiger charge is 2.76. The smallest absolute Gasteiger partial charge is 0.244 e. The fraction of sp³-hybridized carbons (Fsp3) is 0.667. The molecule has 3 fully saturated rings. The van der Waals surface area contributed by atoms with Crippen molar-refractivity contribution in [3.63, 3.8) is 0 Å². The molecule has 0 saturated carbocycles. The summed E-state index contributed by atoms with van der Waals surface area (Å²) in [5.41, 5.74) is 0.986. The number of carbonyl (C=O) groups excluding carboxylic acids is 3. The number of thioether (sulfide) groups is 1. The molecule has 3 aliphatic heterocycles. The normalized spacial score (nSPS) is 32.1. The summed E-state index contributed by atoms with van der Waals surface area (Å²) in [5.74, 6) is -1.06. The van der Waals surface area contributed by atoms with Gasteiger partial charge in [-0.1, -0.05) is 58.0 Å². The lowest BCUT2D eigenvalue weighted by Gasteiger charge is -2.40. The number of benzene rings is 1. The Morgan fingerprint density at radius 2 is 1.91 bits per heavy atom. The Balaban J connectivity index is 1.71. The summed E-state index contributed by atoms with van der Waals surface area (Å²) in [6.07, 6.45) is 2.24. The van der Waals surface area contributed by atoms with Crippen LogP contribution in [0.5, 0.6) is 0 Å². The number of likely N-dealkylation sites (tertiary alicyclic amines) is 1. The van der Waals surface area contributed by atoms with E-state index in [2.05, 4.69) is 31.4 Å². The van der Waals surface area contributed by atoms with Crippen LogP contribution in [-0.4, -0.2) is 63.0 Å². The van der Waals surface area contributed by atoms with Crippen LogP contribution in [0.1, 0.15) is 52.5 Å². The van der Waals surface area contributed by atoms with Crippen LogP contribution in [0.15, 0.2) is 30.3 Å². The summed E-state index contributed by atoms with van der Waals surface area (Å²) >= 11 is 1.67. The minimum absolute atomic E-state index is 0.0278. The van der Waals surface area contributed by atoms with E-state index in [-0.39, 0.29) is 41.4 Å². The third kappa shape index (κ3) is 4.48. The van der Waals surface area contributed by atoms with Gasteiger partial charge in [-0.2, -0.15) is 0 Å². The van der Waals surface area contributed by atoms with E-state index in [4.69, 9.17) is 0 Å². The molecule has 3 unspecified atom stereocenters. The van der Waals surface area contributed by atoms with E-state index < -0.39 is 28.7 Å². The minimum Gasteiger partial charge on any atom is -0.394 e. The Bertz CT molecular complexity index is 942. The van der Waals surface area contributed by atoms with Crippen LogP contribution in [-0.2, 0) is 20.9 Å². The van der Waals surface area contributed by atoms with Crippen molar-refractivity contribution in [2.24, 2.45) is 23.7 Å². The zero-order chi connectivity index (χ0) is 25.3. The number of rotatable bonds is 10. The van der Waals surface area contributed by atoms with Gasteiger partial charge in [-0.3, -0.25) is 14.4 Å². The lowest BCUT2D eigenvalue weighted by molar-refractivity contribution is -0.143. The monoisotopic (exact) mass is 501 g/mol. The molecule has 0 radical (unpaired) electrons. The highest BCUT2D eigenvalue weighted by Crippen LogP contribution is 2.68. The molecule has 3 amide bonds. The summed E-state index contributed by atoms with van der Waals surface area (Å²) in [4.78, 5) is 42.9. The first-order valence-electron chi connectivity index (χ1n) is 13.0. The van der Waals surface area contributed by atoms with Crippen molar-refractivity contribution >= 4 is 29.5 Å².